The number of nitrogens with zero attached hydrogens (tertiary/aromatic N) is 1. The number of hydrogen-bond donors (Lipinski definition) is 3. The van der Waals surface area contributed by atoms with E-state index in [1.165, 1.54) is 7.11 Å². The summed E-state index contributed by atoms with van der Waals surface area (Å²) >= 11 is 0. The Morgan fingerprint density at radius 3 is 2.65 bits per heavy atom. The summed E-state index contributed by atoms with van der Waals surface area (Å²) in [7, 11) is 1.47. The van der Waals surface area contributed by atoms with E-state index in [0.717, 1.165) is 5.56 Å². The third-order valence-corrected chi connectivity index (χ3v) is 2.82. The van der Waals surface area contributed by atoms with Crippen LogP contribution in [0.2, 0.25) is 0 Å². The second-order valence-corrected chi connectivity index (χ2v) is 4.30. The molecular formula is C12H19N3O5. The lowest BCUT2D eigenvalue weighted by Crippen LogP contribution is -2.46. The van der Waals surface area contributed by atoms with Crippen molar-refractivity contribution >= 4 is 12.0 Å². The minimum Gasteiger partial charge on any atom is -0.480 e. The van der Waals surface area contributed by atoms with Crippen LogP contribution in [0.1, 0.15) is 23.4 Å². The molecule has 0 spiro atoms. The van der Waals surface area contributed by atoms with Crippen molar-refractivity contribution in [3.8, 4) is 0 Å². The fourth-order valence-electron chi connectivity index (χ4n) is 1.63. The van der Waals surface area contributed by atoms with Crippen LogP contribution in [0.5, 0.6) is 0 Å². The molecule has 0 aliphatic rings. The summed E-state index contributed by atoms with van der Waals surface area (Å²) in [6.45, 7) is 3.99. The molecule has 1 aromatic rings. The number of urea groups is 1. The van der Waals surface area contributed by atoms with Crippen LogP contribution in [-0.4, -0.2) is 42.0 Å². The zero-order chi connectivity index (χ0) is 15.1. The summed E-state index contributed by atoms with van der Waals surface area (Å²) in [5, 5.41) is 17.7. The largest absolute Gasteiger partial charge is 0.480 e. The standard InChI is InChI=1S/C12H19N3O5/c1-7-9(8(2)20-15-7)6-13-12(18)14-10(11(16)17)4-5-19-3/h10H,4-6H2,1-3H3,(H,16,17)(H2,13,14,18). The van der Waals surface area contributed by atoms with Gasteiger partial charge in [-0.1, -0.05) is 5.16 Å². The number of ether oxygens (including phenoxy) is 1. The van der Waals surface area contributed by atoms with E-state index >= 15 is 0 Å². The lowest BCUT2D eigenvalue weighted by Gasteiger charge is -2.14. The number of aromatic nitrogens is 1. The summed E-state index contributed by atoms with van der Waals surface area (Å²) in [6.07, 6.45) is 0.199. The first kappa shape index (κ1) is 16.0. The number of carboxylic acid groups (broad SMARTS) is 1. The highest BCUT2D eigenvalue weighted by Crippen LogP contribution is 2.11. The SMILES string of the molecule is COCCC(NC(=O)NCc1c(C)noc1C)C(=O)O. The number of methoxy groups -OCH3 is 1. The second-order valence-electron chi connectivity index (χ2n) is 4.30. The van der Waals surface area contributed by atoms with Crippen LogP contribution in [-0.2, 0) is 16.1 Å². The molecule has 0 aliphatic carbocycles. The molecule has 1 aromatic heterocycles. The molecule has 1 atom stereocenters. The molecule has 1 rings (SSSR count). The summed E-state index contributed by atoms with van der Waals surface area (Å²) < 4.78 is 9.77. The van der Waals surface area contributed by atoms with Crippen LogP contribution < -0.4 is 10.6 Å². The summed E-state index contributed by atoms with van der Waals surface area (Å²) in [5.41, 5.74) is 1.47. The predicted molar refractivity (Wildman–Crippen MR) is 69.3 cm³/mol. The van der Waals surface area contributed by atoms with Crippen molar-refractivity contribution in [2.24, 2.45) is 0 Å². The van der Waals surface area contributed by atoms with Crippen molar-refractivity contribution in [1.29, 1.82) is 0 Å². The molecule has 0 aromatic carbocycles. The van der Waals surface area contributed by atoms with E-state index in [-0.39, 0.29) is 19.6 Å². The first-order chi connectivity index (χ1) is 9.45. The van der Waals surface area contributed by atoms with Crippen LogP contribution in [0.15, 0.2) is 4.52 Å². The molecule has 2 amide bonds. The first-order valence-electron chi connectivity index (χ1n) is 6.13. The van der Waals surface area contributed by atoms with Gasteiger partial charge in [-0.15, -0.1) is 0 Å². The Labute approximate surface area is 116 Å². The zero-order valence-electron chi connectivity index (χ0n) is 11.7. The highest BCUT2D eigenvalue weighted by molar-refractivity contribution is 5.82. The van der Waals surface area contributed by atoms with Crippen LogP contribution >= 0.6 is 0 Å². The van der Waals surface area contributed by atoms with Crippen LogP contribution in [0.3, 0.4) is 0 Å². The molecule has 0 bridgehead atoms. The Morgan fingerprint density at radius 2 is 2.15 bits per heavy atom. The molecule has 0 aliphatic heterocycles. The van der Waals surface area contributed by atoms with Gasteiger partial charge in [0.25, 0.3) is 0 Å². The third kappa shape index (κ3) is 4.54. The maximum absolute atomic E-state index is 11.7. The number of nitrogens with one attached hydrogen (secondary N) is 2. The average Bonchev–Trinajstić information content (AvgIpc) is 2.71. The topological polar surface area (TPSA) is 114 Å². The number of aryl methyl sites for hydroxylation is 2. The van der Waals surface area contributed by atoms with Gasteiger partial charge < -0.3 is 25.0 Å². The third-order valence-electron chi connectivity index (χ3n) is 2.82. The number of amides is 2. The molecule has 0 saturated heterocycles. The van der Waals surface area contributed by atoms with Gasteiger partial charge in [0.05, 0.1) is 5.69 Å². The fourth-order valence-corrected chi connectivity index (χ4v) is 1.63. The molecule has 8 nitrogen and oxygen atoms in total. The molecule has 0 saturated carbocycles. The second kappa shape index (κ2) is 7.49. The van der Waals surface area contributed by atoms with Gasteiger partial charge in [0.15, 0.2) is 0 Å². The molecule has 0 radical (unpaired) electrons. The van der Waals surface area contributed by atoms with Gasteiger partial charge in [-0.25, -0.2) is 9.59 Å². The quantitative estimate of drug-likeness (QED) is 0.675. The van der Waals surface area contributed by atoms with Crippen LogP contribution in [0.25, 0.3) is 0 Å². The van der Waals surface area contributed by atoms with E-state index in [9.17, 15) is 9.59 Å². The number of aliphatic carboxylic acids is 1. The molecule has 3 N–H and O–H groups in total. The van der Waals surface area contributed by atoms with E-state index in [4.69, 9.17) is 14.4 Å². The summed E-state index contributed by atoms with van der Waals surface area (Å²) in [5.74, 6) is -0.480. The van der Waals surface area contributed by atoms with Crippen LogP contribution in [0.4, 0.5) is 4.79 Å². The van der Waals surface area contributed by atoms with E-state index in [1.807, 2.05) is 0 Å². The van der Waals surface area contributed by atoms with Gasteiger partial charge in [0.1, 0.15) is 11.8 Å². The molecule has 8 heteroatoms. The van der Waals surface area contributed by atoms with Gasteiger partial charge in [-0.3, -0.25) is 0 Å². The van der Waals surface area contributed by atoms with Crippen LogP contribution in [0, 0.1) is 13.8 Å². The Hall–Kier alpha value is -2.09. The minimum atomic E-state index is -1.10. The minimum absolute atomic E-state index is 0.199. The molecule has 1 heterocycles. The normalized spacial score (nSPS) is 11.9. The highest BCUT2D eigenvalue weighted by atomic mass is 16.5. The zero-order valence-corrected chi connectivity index (χ0v) is 11.7. The molecule has 1 unspecified atom stereocenters. The van der Waals surface area contributed by atoms with Gasteiger partial charge in [0, 0.05) is 32.2 Å². The summed E-state index contributed by atoms with van der Waals surface area (Å²) in [4.78, 5) is 22.6. The number of carbonyl (C=O) groups is 2. The maximum Gasteiger partial charge on any atom is 0.326 e. The Balaban J connectivity index is 2.48. The average molecular weight is 285 g/mol. The fraction of sp³-hybridized carbons (Fsp3) is 0.583. The number of carbonyl (C=O) groups excluding carboxylic acids is 1. The molecular weight excluding hydrogens is 266 g/mol. The van der Waals surface area contributed by atoms with Crippen molar-refractivity contribution in [1.82, 2.24) is 15.8 Å². The molecule has 20 heavy (non-hydrogen) atoms. The lowest BCUT2D eigenvalue weighted by molar-refractivity contribution is -0.139. The maximum atomic E-state index is 11.7. The lowest BCUT2D eigenvalue weighted by atomic mass is 10.2. The van der Waals surface area contributed by atoms with Crippen molar-refractivity contribution < 1.29 is 24.0 Å². The van der Waals surface area contributed by atoms with E-state index in [1.54, 1.807) is 13.8 Å². The van der Waals surface area contributed by atoms with Gasteiger partial charge >= 0.3 is 12.0 Å². The number of hydrogen-bond acceptors (Lipinski definition) is 5. The summed E-state index contributed by atoms with van der Waals surface area (Å²) in [6, 6.07) is -1.55. The Kier molecular flexibility index (Phi) is 5.98. The van der Waals surface area contributed by atoms with E-state index < -0.39 is 18.0 Å². The van der Waals surface area contributed by atoms with Crippen molar-refractivity contribution in [3.63, 3.8) is 0 Å². The molecule has 0 fully saturated rings. The Morgan fingerprint density at radius 1 is 1.45 bits per heavy atom. The number of carboxylic acids is 1. The monoisotopic (exact) mass is 285 g/mol. The molecule has 112 valence electrons. The van der Waals surface area contributed by atoms with Crippen molar-refractivity contribution in [3.05, 3.63) is 17.0 Å². The van der Waals surface area contributed by atoms with Crippen molar-refractivity contribution in [2.45, 2.75) is 32.9 Å². The van der Waals surface area contributed by atoms with Gasteiger partial charge in [0.2, 0.25) is 0 Å². The van der Waals surface area contributed by atoms with E-state index in [0.29, 0.717) is 11.5 Å². The smallest absolute Gasteiger partial charge is 0.326 e. The highest BCUT2D eigenvalue weighted by Gasteiger charge is 2.19. The Bertz CT molecular complexity index is 452. The number of rotatable bonds is 7. The van der Waals surface area contributed by atoms with E-state index in [2.05, 4.69) is 15.8 Å². The predicted octanol–water partition coefficient (Wildman–Crippen LogP) is 0.580. The first-order valence-corrected chi connectivity index (χ1v) is 6.13. The van der Waals surface area contributed by atoms with Gasteiger partial charge in [-0.05, 0) is 13.8 Å². The van der Waals surface area contributed by atoms with Crippen molar-refractivity contribution in [2.75, 3.05) is 13.7 Å². The van der Waals surface area contributed by atoms with Gasteiger partial charge in [-0.2, -0.15) is 0 Å².